The molecule has 0 spiro atoms. The number of nitrogens with two attached hydrogens (primary N) is 1. The third-order valence-electron chi connectivity index (χ3n) is 2.38. The quantitative estimate of drug-likeness (QED) is 0.601. The van der Waals surface area contributed by atoms with E-state index >= 15 is 0 Å². The van der Waals surface area contributed by atoms with E-state index in [1.807, 2.05) is 0 Å². The summed E-state index contributed by atoms with van der Waals surface area (Å²) in [4.78, 5) is 17.9. The molecule has 1 aliphatic carbocycles. The Morgan fingerprint density at radius 3 is 2.31 bits per heavy atom. The Kier molecular flexibility index (Phi) is 5.35. The summed E-state index contributed by atoms with van der Waals surface area (Å²) in [5, 5.41) is 0.370. The average molecular weight is 242 g/mol. The molecule has 1 fully saturated rings. The van der Waals surface area contributed by atoms with E-state index in [4.69, 9.17) is 17.3 Å². The molecule has 0 amide bonds. The van der Waals surface area contributed by atoms with Gasteiger partial charge in [0.05, 0.1) is 5.56 Å². The normalized spacial score (nSPS) is 23.4. The molecular weight excluding hydrogens is 226 g/mol. The first-order valence-electron chi connectivity index (χ1n) is 5.25. The smallest absolute Gasteiger partial charge is 0.162 e. The lowest BCUT2D eigenvalue weighted by Crippen LogP contribution is -2.14. The Hall–Kier alpha value is -1.00. The fourth-order valence-corrected chi connectivity index (χ4v) is 1.79. The van der Waals surface area contributed by atoms with E-state index in [1.54, 1.807) is 0 Å². The van der Waals surface area contributed by atoms with Crippen LogP contribution in [-0.4, -0.2) is 27.2 Å². The molecule has 5 heteroatoms. The van der Waals surface area contributed by atoms with Crippen molar-refractivity contribution in [2.24, 2.45) is 5.73 Å². The summed E-state index contributed by atoms with van der Waals surface area (Å²) in [7, 11) is 0. The van der Waals surface area contributed by atoms with Crippen molar-refractivity contribution in [2.75, 3.05) is 0 Å². The van der Waals surface area contributed by atoms with Crippen LogP contribution in [0.15, 0.2) is 18.7 Å². The number of ketones is 1. The van der Waals surface area contributed by atoms with Crippen molar-refractivity contribution in [3.05, 3.63) is 24.3 Å². The van der Waals surface area contributed by atoms with Crippen LogP contribution in [0.5, 0.6) is 0 Å². The molecule has 2 rings (SSSR count). The first kappa shape index (κ1) is 13.1. The Labute approximate surface area is 100 Å². The monoisotopic (exact) mass is 241 g/mol. The molecule has 0 aromatic carbocycles. The number of rotatable bonds is 1. The predicted molar refractivity (Wildman–Crippen MR) is 63.5 cm³/mol. The lowest BCUT2D eigenvalue weighted by atomic mass is 10.2. The van der Waals surface area contributed by atoms with Crippen molar-refractivity contribution < 1.29 is 4.79 Å². The molecule has 1 aliphatic rings. The zero-order valence-corrected chi connectivity index (χ0v) is 10.0. The van der Waals surface area contributed by atoms with Crippen LogP contribution in [0.4, 0.5) is 0 Å². The molecule has 0 saturated heterocycles. The van der Waals surface area contributed by atoms with Gasteiger partial charge in [-0.05, 0) is 26.2 Å². The number of carbonyl (C=O) groups excluding carboxylic acids is 1. The highest BCUT2D eigenvalue weighted by Gasteiger charge is 2.18. The maximum absolute atomic E-state index is 10.6. The topological polar surface area (TPSA) is 68.9 Å². The zero-order chi connectivity index (χ0) is 12.0. The standard InChI is InChI=1S/C6H6N2O.C5H10ClN/c1-5(9)6-2-7-4-8-3-6;6-4-1-2-5(7)3-4/h2-4H,1H3;4-5H,1-3,7H2. The van der Waals surface area contributed by atoms with Gasteiger partial charge in [0, 0.05) is 23.8 Å². The van der Waals surface area contributed by atoms with Crippen molar-refractivity contribution in [3.63, 3.8) is 0 Å². The van der Waals surface area contributed by atoms with Crippen LogP contribution in [0.2, 0.25) is 0 Å². The van der Waals surface area contributed by atoms with E-state index < -0.39 is 0 Å². The van der Waals surface area contributed by atoms with Crippen molar-refractivity contribution in [3.8, 4) is 0 Å². The van der Waals surface area contributed by atoms with Gasteiger partial charge in [-0.1, -0.05) is 0 Å². The van der Waals surface area contributed by atoms with Crippen LogP contribution in [-0.2, 0) is 0 Å². The Morgan fingerprint density at radius 2 is 2.06 bits per heavy atom. The summed E-state index contributed by atoms with van der Waals surface area (Å²) in [5.41, 5.74) is 6.09. The highest BCUT2D eigenvalue weighted by atomic mass is 35.5. The number of nitrogens with zero attached hydrogens (tertiary/aromatic N) is 2. The molecule has 1 saturated carbocycles. The molecule has 0 aliphatic heterocycles. The third-order valence-corrected chi connectivity index (χ3v) is 2.77. The number of aromatic nitrogens is 2. The lowest BCUT2D eigenvalue weighted by Gasteiger charge is -1.95. The highest BCUT2D eigenvalue weighted by molar-refractivity contribution is 6.20. The molecule has 1 heterocycles. The first-order valence-corrected chi connectivity index (χ1v) is 5.69. The minimum atomic E-state index is -0.00407. The summed E-state index contributed by atoms with van der Waals surface area (Å²) in [6.07, 6.45) is 7.63. The number of alkyl halides is 1. The number of halogens is 1. The summed E-state index contributed by atoms with van der Waals surface area (Å²) < 4.78 is 0. The van der Waals surface area contributed by atoms with E-state index in [0.29, 0.717) is 17.0 Å². The fourth-order valence-electron chi connectivity index (χ4n) is 1.44. The van der Waals surface area contributed by atoms with Gasteiger partial charge in [0.15, 0.2) is 5.78 Å². The van der Waals surface area contributed by atoms with Crippen LogP contribution >= 0.6 is 11.6 Å². The van der Waals surface area contributed by atoms with E-state index in [1.165, 1.54) is 25.6 Å². The molecule has 0 radical (unpaired) electrons. The molecule has 1 aromatic rings. The molecule has 2 atom stereocenters. The molecular formula is C11H16ClN3O. The molecule has 0 bridgehead atoms. The SMILES string of the molecule is CC(=O)c1cncnc1.NC1CCC(Cl)C1. The maximum Gasteiger partial charge on any atom is 0.162 e. The highest BCUT2D eigenvalue weighted by Crippen LogP contribution is 2.21. The summed E-state index contributed by atoms with van der Waals surface area (Å²) >= 11 is 5.73. The van der Waals surface area contributed by atoms with Crippen molar-refractivity contribution >= 4 is 17.4 Å². The minimum Gasteiger partial charge on any atom is -0.328 e. The maximum atomic E-state index is 10.6. The average Bonchev–Trinajstić information content (AvgIpc) is 2.65. The van der Waals surface area contributed by atoms with Crippen molar-refractivity contribution in [1.82, 2.24) is 9.97 Å². The Bertz CT molecular complexity index is 323. The Morgan fingerprint density at radius 1 is 1.44 bits per heavy atom. The fraction of sp³-hybridized carbons (Fsp3) is 0.545. The second-order valence-electron chi connectivity index (χ2n) is 3.85. The van der Waals surface area contributed by atoms with E-state index in [0.717, 1.165) is 19.3 Å². The zero-order valence-electron chi connectivity index (χ0n) is 9.27. The van der Waals surface area contributed by atoms with Gasteiger partial charge >= 0.3 is 0 Å². The minimum absolute atomic E-state index is 0.00407. The largest absolute Gasteiger partial charge is 0.328 e. The summed E-state index contributed by atoms with van der Waals surface area (Å²) in [5.74, 6) is -0.00407. The van der Waals surface area contributed by atoms with Gasteiger partial charge in [0.25, 0.3) is 0 Å². The predicted octanol–water partition coefficient (Wildman–Crippen LogP) is 1.78. The van der Waals surface area contributed by atoms with Crippen LogP contribution in [0.3, 0.4) is 0 Å². The lowest BCUT2D eigenvalue weighted by molar-refractivity contribution is 0.101. The molecule has 2 unspecified atom stereocenters. The molecule has 88 valence electrons. The van der Waals surface area contributed by atoms with Crippen LogP contribution < -0.4 is 5.73 Å². The number of Topliss-reactive ketones (excluding diaryl/α,β-unsaturated/α-hetero) is 1. The molecule has 1 aromatic heterocycles. The van der Waals surface area contributed by atoms with Gasteiger partial charge < -0.3 is 5.73 Å². The number of hydrogen-bond donors (Lipinski definition) is 1. The van der Waals surface area contributed by atoms with Gasteiger partial charge in [-0.15, -0.1) is 11.6 Å². The summed E-state index contributed by atoms with van der Waals surface area (Å²) in [6, 6.07) is 0.391. The van der Waals surface area contributed by atoms with E-state index in [2.05, 4.69) is 9.97 Å². The van der Waals surface area contributed by atoms with Gasteiger partial charge in [-0.2, -0.15) is 0 Å². The van der Waals surface area contributed by atoms with E-state index in [9.17, 15) is 4.79 Å². The van der Waals surface area contributed by atoms with E-state index in [-0.39, 0.29) is 5.78 Å². The van der Waals surface area contributed by atoms with Crippen molar-refractivity contribution in [2.45, 2.75) is 37.6 Å². The summed E-state index contributed by atoms with van der Waals surface area (Å²) in [6.45, 7) is 1.48. The molecule has 4 nitrogen and oxygen atoms in total. The first-order chi connectivity index (χ1) is 7.59. The number of hydrogen-bond acceptors (Lipinski definition) is 4. The van der Waals surface area contributed by atoms with Crippen LogP contribution in [0.1, 0.15) is 36.5 Å². The van der Waals surface area contributed by atoms with Gasteiger partial charge in [-0.3, -0.25) is 4.79 Å². The van der Waals surface area contributed by atoms with Crippen LogP contribution in [0, 0.1) is 0 Å². The second kappa shape index (κ2) is 6.55. The van der Waals surface area contributed by atoms with Gasteiger partial charge in [-0.25, -0.2) is 9.97 Å². The van der Waals surface area contributed by atoms with Crippen LogP contribution in [0.25, 0.3) is 0 Å². The van der Waals surface area contributed by atoms with Gasteiger partial charge in [0.2, 0.25) is 0 Å². The van der Waals surface area contributed by atoms with Crippen molar-refractivity contribution in [1.29, 1.82) is 0 Å². The second-order valence-corrected chi connectivity index (χ2v) is 4.47. The number of carbonyl (C=O) groups is 1. The third kappa shape index (κ3) is 4.68. The molecule has 2 N–H and O–H groups in total. The van der Waals surface area contributed by atoms with Gasteiger partial charge in [0.1, 0.15) is 6.33 Å². The molecule has 16 heavy (non-hydrogen) atoms. The Balaban J connectivity index is 0.000000165.